The fourth-order valence-electron chi connectivity index (χ4n) is 2.11. The van der Waals surface area contributed by atoms with Crippen LogP contribution >= 0.6 is 0 Å². The highest BCUT2D eigenvalue weighted by Crippen LogP contribution is 2.25. The third kappa shape index (κ3) is 4.17. The second-order valence-corrected chi connectivity index (χ2v) is 4.97. The Morgan fingerprint density at radius 1 is 1.08 bits per heavy atom. The van der Waals surface area contributed by atoms with Crippen LogP contribution in [0.25, 0.3) is 0 Å². The minimum atomic E-state index is -0.878. The summed E-state index contributed by atoms with van der Waals surface area (Å²) in [5.74, 6) is -1.42. The maximum atomic E-state index is 12.3. The molecular weight excluding hydrogens is 346 g/mol. The first-order chi connectivity index (χ1) is 12.3. The molecule has 0 aliphatic carbocycles. The van der Waals surface area contributed by atoms with Gasteiger partial charge >= 0.3 is 5.97 Å². The summed E-state index contributed by atoms with van der Waals surface area (Å²) in [4.78, 5) is 44.2. The van der Waals surface area contributed by atoms with E-state index in [9.17, 15) is 29.8 Å². The number of amides is 1. The Hall–Kier alpha value is -3.82. The van der Waals surface area contributed by atoms with E-state index in [0.717, 1.165) is 12.1 Å². The number of carbonyl (C=O) groups excluding carboxylic acids is 2. The molecule has 10 heteroatoms. The van der Waals surface area contributed by atoms with Crippen molar-refractivity contribution in [2.45, 2.75) is 6.92 Å². The highest BCUT2D eigenvalue weighted by molar-refractivity contribution is 6.07. The number of hydrogen-bond acceptors (Lipinski definition) is 7. The number of rotatable bonds is 6. The Bertz CT molecular complexity index is 895. The van der Waals surface area contributed by atoms with Crippen LogP contribution in [0.3, 0.4) is 0 Å². The molecule has 0 spiro atoms. The number of hydrogen-bond donors (Lipinski definition) is 1. The van der Waals surface area contributed by atoms with Crippen LogP contribution in [-0.2, 0) is 4.74 Å². The van der Waals surface area contributed by atoms with E-state index in [-0.39, 0.29) is 23.4 Å². The Kier molecular flexibility index (Phi) is 5.58. The zero-order valence-electron chi connectivity index (χ0n) is 13.5. The number of non-ortho nitro benzene ring substituents is 1. The van der Waals surface area contributed by atoms with E-state index in [1.807, 2.05) is 0 Å². The first-order valence-corrected chi connectivity index (χ1v) is 7.35. The topological polar surface area (TPSA) is 142 Å². The van der Waals surface area contributed by atoms with Crippen LogP contribution in [0, 0.1) is 20.2 Å². The Labute approximate surface area is 146 Å². The molecule has 0 aliphatic rings. The highest BCUT2D eigenvalue weighted by atomic mass is 16.6. The molecule has 0 aromatic heterocycles. The van der Waals surface area contributed by atoms with Gasteiger partial charge in [0.25, 0.3) is 17.3 Å². The molecule has 0 radical (unpaired) electrons. The van der Waals surface area contributed by atoms with Gasteiger partial charge in [0.05, 0.1) is 28.1 Å². The second-order valence-electron chi connectivity index (χ2n) is 4.97. The number of ether oxygens (including phenoxy) is 1. The lowest BCUT2D eigenvalue weighted by molar-refractivity contribution is -0.394. The standard InChI is InChI=1S/C16H13N3O7/c1-2-26-16(21)10-4-3-5-11(8-10)17-15(20)13-7-6-12(18(22)23)9-14(13)19(24)25/h3-9H,2H2,1H3,(H,17,20). The third-order valence-corrected chi connectivity index (χ3v) is 3.27. The van der Waals surface area contributed by atoms with E-state index >= 15 is 0 Å². The summed E-state index contributed by atoms with van der Waals surface area (Å²) in [7, 11) is 0. The first kappa shape index (κ1) is 18.5. The first-order valence-electron chi connectivity index (χ1n) is 7.35. The normalized spacial score (nSPS) is 10.0. The molecule has 2 aromatic carbocycles. The summed E-state index contributed by atoms with van der Waals surface area (Å²) in [6, 6.07) is 8.54. The molecule has 134 valence electrons. The molecular formula is C16H13N3O7. The molecule has 10 nitrogen and oxygen atoms in total. The van der Waals surface area contributed by atoms with Gasteiger partial charge in [-0.3, -0.25) is 25.0 Å². The van der Waals surface area contributed by atoms with E-state index in [4.69, 9.17) is 4.74 Å². The molecule has 0 unspecified atom stereocenters. The van der Waals surface area contributed by atoms with Crippen LogP contribution in [0.5, 0.6) is 0 Å². The van der Waals surface area contributed by atoms with Crippen molar-refractivity contribution < 1.29 is 24.2 Å². The Morgan fingerprint density at radius 2 is 1.81 bits per heavy atom. The molecule has 1 N–H and O–H groups in total. The number of anilines is 1. The number of nitro groups is 2. The second kappa shape index (κ2) is 7.83. The summed E-state index contributed by atoms with van der Waals surface area (Å²) in [5, 5.41) is 24.3. The smallest absolute Gasteiger partial charge is 0.338 e. The number of carbonyl (C=O) groups is 2. The summed E-state index contributed by atoms with van der Waals surface area (Å²) in [6.45, 7) is 1.83. The molecule has 2 aromatic rings. The number of esters is 1. The van der Waals surface area contributed by atoms with Crippen LogP contribution < -0.4 is 5.32 Å². The fraction of sp³-hybridized carbons (Fsp3) is 0.125. The lowest BCUT2D eigenvalue weighted by Gasteiger charge is -2.08. The largest absolute Gasteiger partial charge is 0.462 e. The van der Waals surface area contributed by atoms with Crippen molar-refractivity contribution in [1.82, 2.24) is 0 Å². The van der Waals surface area contributed by atoms with Gasteiger partial charge < -0.3 is 10.1 Å². The minimum Gasteiger partial charge on any atom is -0.462 e. The summed E-state index contributed by atoms with van der Waals surface area (Å²) >= 11 is 0. The Morgan fingerprint density at radius 3 is 2.42 bits per heavy atom. The van der Waals surface area contributed by atoms with E-state index in [1.54, 1.807) is 6.92 Å². The molecule has 0 saturated carbocycles. The van der Waals surface area contributed by atoms with Gasteiger partial charge in [-0.2, -0.15) is 0 Å². The van der Waals surface area contributed by atoms with E-state index in [1.165, 1.54) is 24.3 Å². The van der Waals surface area contributed by atoms with Gasteiger partial charge in [0.15, 0.2) is 0 Å². The van der Waals surface area contributed by atoms with E-state index in [2.05, 4.69) is 5.32 Å². The highest BCUT2D eigenvalue weighted by Gasteiger charge is 2.24. The summed E-state index contributed by atoms with van der Waals surface area (Å²) in [5.41, 5.74) is -1.13. The molecule has 0 fully saturated rings. The van der Waals surface area contributed by atoms with Gasteiger partial charge in [-0.05, 0) is 31.2 Å². The average molecular weight is 359 g/mol. The van der Waals surface area contributed by atoms with Crippen molar-refractivity contribution in [3.05, 3.63) is 73.8 Å². The van der Waals surface area contributed by atoms with Crippen LogP contribution in [0.1, 0.15) is 27.6 Å². The monoisotopic (exact) mass is 359 g/mol. The van der Waals surface area contributed by atoms with Crippen LogP contribution in [-0.4, -0.2) is 28.3 Å². The number of nitrogens with one attached hydrogen (secondary N) is 1. The number of nitro benzene ring substituents is 2. The zero-order valence-corrected chi connectivity index (χ0v) is 13.5. The molecule has 1 amide bonds. The third-order valence-electron chi connectivity index (χ3n) is 3.27. The molecule has 0 atom stereocenters. The molecule has 26 heavy (non-hydrogen) atoms. The van der Waals surface area contributed by atoms with E-state index in [0.29, 0.717) is 6.07 Å². The average Bonchev–Trinajstić information content (AvgIpc) is 2.61. The fourth-order valence-corrected chi connectivity index (χ4v) is 2.11. The predicted octanol–water partition coefficient (Wildman–Crippen LogP) is 2.93. The van der Waals surface area contributed by atoms with Crippen molar-refractivity contribution in [1.29, 1.82) is 0 Å². The predicted molar refractivity (Wildman–Crippen MR) is 90.1 cm³/mol. The van der Waals surface area contributed by atoms with Gasteiger partial charge in [-0.15, -0.1) is 0 Å². The van der Waals surface area contributed by atoms with Gasteiger partial charge in [-0.25, -0.2) is 4.79 Å². The quantitative estimate of drug-likeness (QED) is 0.474. The maximum Gasteiger partial charge on any atom is 0.338 e. The SMILES string of the molecule is CCOC(=O)c1cccc(NC(=O)c2ccc([N+](=O)[O-])cc2[N+](=O)[O-])c1. The summed E-state index contributed by atoms with van der Waals surface area (Å²) < 4.78 is 4.85. The number of benzene rings is 2. The number of nitrogens with zero attached hydrogens (tertiary/aromatic N) is 2. The minimum absolute atomic E-state index is 0.185. The van der Waals surface area contributed by atoms with E-state index < -0.39 is 33.1 Å². The van der Waals surface area contributed by atoms with Crippen molar-refractivity contribution in [3.8, 4) is 0 Å². The lowest BCUT2D eigenvalue weighted by atomic mass is 10.1. The van der Waals surface area contributed by atoms with Gasteiger partial charge in [0.1, 0.15) is 5.56 Å². The van der Waals surface area contributed by atoms with Crippen molar-refractivity contribution in [2.24, 2.45) is 0 Å². The van der Waals surface area contributed by atoms with Crippen molar-refractivity contribution in [2.75, 3.05) is 11.9 Å². The molecule has 0 saturated heterocycles. The maximum absolute atomic E-state index is 12.3. The van der Waals surface area contributed by atoms with Crippen LogP contribution in [0.2, 0.25) is 0 Å². The van der Waals surface area contributed by atoms with Gasteiger partial charge in [-0.1, -0.05) is 6.07 Å². The molecule has 0 bridgehead atoms. The van der Waals surface area contributed by atoms with Crippen molar-refractivity contribution >= 4 is 28.9 Å². The zero-order chi connectivity index (χ0) is 19.3. The lowest BCUT2D eigenvalue weighted by Crippen LogP contribution is -2.15. The summed E-state index contributed by atoms with van der Waals surface area (Å²) in [6.07, 6.45) is 0. The molecule has 2 rings (SSSR count). The Balaban J connectivity index is 2.30. The van der Waals surface area contributed by atoms with Gasteiger partial charge in [0.2, 0.25) is 0 Å². The van der Waals surface area contributed by atoms with Crippen molar-refractivity contribution in [3.63, 3.8) is 0 Å². The van der Waals surface area contributed by atoms with Gasteiger partial charge in [0, 0.05) is 11.8 Å². The van der Waals surface area contributed by atoms with Crippen LogP contribution in [0.4, 0.5) is 17.1 Å². The molecule has 0 heterocycles. The molecule has 0 aliphatic heterocycles. The van der Waals surface area contributed by atoms with Crippen LogP contribution in [0.15, 0.2) is 42.5 Å².